The van der Waals surface area contributed by atoms with Crippen molar-refractivity contribution in [3.8, 4) is 0 Å². The number of halogens is 2. The molecule has 0 saturated carbocycles. The number of anilines is 1. The molecule has 0 spiro atoms. The molecule has 4 rings (SSSR count). The molecule has 3 saturated heterocycles. The third-order valence-electron chi connectivity index (χ3n) is 5.46. The highest BCUT2D eigenvalue weighted by Gasteiger charge is 2.75. The molecule has 122 valence electrons. The van der Waals surface area contributed by atoms with Gasteiger partial charge in [-0.3, -0.25) is 9.59 Å². The van der Waals surface area contributed by atoms with Gasteiger partial charge >= 0.3 is 0 Å². The van der Waals surface area contributed by atoms with E-state index in [0.29, 0.717) is 17.1 Å². The number of carbonyl (C=O) groups is 2. The van der Waals surface area contributed by atoms with E-state index in [4.69, 9.17) is 16.3 Å². The van der Waals surface area contributed by atoms with E-state index < -0.39 is 29.1 Å². The highest BCUT2D eigenvalue weighted by atomic mass is 127. The minimum atomic E-state index is -1.000. The Hall–Kier alpha value is -0.700. The molecular weight excluding hydrogens is 433 g/mol. The summed E-state index contributed by atoms with van der Waals surface area (Å²) in [5, 5.41) is 10.9. The molecule has 0 radical (unpaired) electrons. The van der Waals surface area contributed by atoms with Crippen LogP contribution in [-0.4, -0.2) is 34.2 Å². The maximum absolute atomic E-state index is 13.0. The van der Waals surface area contributed by atoms with Crippen molar-refractivity contribution in [1.29, 1.82) is 0 Å². The van der Waals surface area contributed by atoms with Gasteiger partial charge in [-0.2, -0.15) is 0 Å². The Balaban J connectivity index is 1.80. The highest BCUT2D eigenvalue weighted by molar-refractivity contribution is 14.1. The average Bonchev–Trinajstić information content (AvgIpc) is 2.96. The van der Waals surface area contributed by atoms with Crippen molar-refractivity contribution in [2.75, 3.05) is 4.90 Å². The first kappa shape index (κ1) is 15.8. The van der Waals surface area contributed by atoms with E-state index in [0.717, 1.165) is 3.57 Å². The highest BCUT2D eigenvalue weighted by Crippen LogP contribution is 2.60. The topological polar surface area (TPSA) is 66.8 Å². The van der Waals surface area contributed by atoms with Crippen molar-refractivity contribution in [2.45, 2.75) is 37.6 Å². The fourth-order valence-electron chi connectivity index (χ4n) is 4.40. The first-order chi connectivity index (χ1) is 10.7. The van der Waals surface area contributed by atoms with Crippen LogP contribution in [0.25, 0.3) is 0 Å². The summed E-state index contributed by atoms with van der Waals surface area (Å²) in [6.45, 7) is 3.54. The number of carbonyl (C=O) groups excluding carboxylic acids is 2. The molecule has 3 aliphatic heterocycles. The van der Waals surface area contributed by atoms with Crippen LogP contribution < -0.4 is 4.90 Å². The van der Waals surface area contributed by atoms with Gasteiger partial charge in [0, 0.05) is 9.99 Å². The van der Waals surface area contributed by atoms with Gasteiger partial charge in [-0.15, -0.1) is 0 Å². The Morgan fingerprint density at radius 3 is 2.61 bits per heavy atom. The molecule has 7 heteroatoms. The van der Waals surface area contributed by atoms with Gasteiger partial charge in [0.05, 0.1) is 34.3 Å². The van der Waals surface area contributed by atoms with Crippen molar-refractivity contribution < 1.29 is 19.4 Å². The van der Waals surface area contributed by atoms with Gasteiger partial charge in [0.25, 0.3) is 0 Å². The van der Waals surface area contributed by atoms with Crippen LogP contribution in [0.2, 0.25) is 5.02 Å². The van der Waals surface area contributed by atoms with E-state index >= 15 is 0 Å². The van der Waals surface area contributed by atoms with Gasteiger partial charge < -0.3 is 9.84 Å². The van der Waals surface area contributed by atoms with Crippen molar-refractivity contribution in [2.24, 2.45) is 11.8 Å². The second kappa shape index (κ2) is 4.68. The monoisotopic (exact) mass is 447 g/mol. The summed E-state index contributed by atoms with van der Waals surface area (Å²) in [5.74, 6) is -1.74. The SMILES string of the molecule is CC12CC(O)C(C)(O1)[C@@H]1C(=O)N(c3ccc(Cl)c(I)c3)C(=O)C12. The summed E-state index contributed by atoms with van der Waals surface area (Å²) in [7, 11) is 0. The number of amides is 2. The van der Waals surface area contributed by atoms with E-state index in [1.165, 1.54) is 4.90 Å². The number of nitrogens with zero attached hydrogens (tertiary/aromatic N) is 1. The van der Waals surface area contributed by atoms with Crippen LogP contribution in [0.15, 0.2) is 18.2 Å². The van der Waals surface area contributed by atoms with Gasteiger partial charge in [0.1, 0.15) is 5.60 Å². The second-order valence-corrected chi connectivity index (χ2v) is 8.45. The summed E-state index contributed by atoms with van der Waals surface area (Å²) in [6, 6.07) is 5.07. The normalized spacial score (nSPS) is 41.8. The Morgan fingerprint density at radius 1 is 1.30 bits per heavy atom. The number of rotatable bonds is 1. The maximum atomic E-state index is 13.0. The quantitative estimate of drug-likeness (QED) is 0.530. The molecular formula is C16H15ClINO4. The number of imide groups is 1. The molecule has 1 aromatic carbocycles. The first-order valence-electron chi connectivity index (χ1n) is 7.40. The van der Waals surface area contributed by atoms with Crippen molar-refractivity contribution in [3.05, 3.63) is 26.8 Å². The zero-order valence-corrected chi connectivity index (χ0v) is 15.5. The minimum absolute atomic E-state index is 0.253. The van der Waals surface area contributed by atoms with Crippen LogP contribution in [0.4, 0.5) is 5.69 Å². The lowest BCUT2D eigenvalue weighted by molar-refractivity contribution is -0.132. The Labute approximate surface area is 152 Å². The fraction of sp³-hybridized carbons (Fsp3) is 0.500. The van der Waals surface area contributed by atoms with E-state index in [-0.39, 0.29) is 11.8 Å². The number of hydrogen-bond acceptors (Lipinski definition) is 4. The lowest BCUT2D eigenvalue weighted by Gasteiger charge is -2.31. The molecule has 3 aliphatic rings. The molecule has 5 nitrogen and oxygen atoms in total. The zero-order chi connectivity index (χ0) is 16.7. The first-order valence-corrected chi connectivity index (χ1v) is 8.86. The molecule has 23 heavy (non-hydrogen) atoms. The number of fused-ring (bicyclic) bond motifs is 5. The number of aliphatic hydroxyl groups excluding tert-OH is 1. The van der Waals surface area contributed by atoms with Gasteiger partial charge in [0.15, 0.2) is 0 Å². The summed E-state index contributed by atoms with van der Waals surface area (Å²) >= 11 is 8.09. The third-order valence-corrected chi connectivity index (χ3v) is 7.00. The van der Waals surface area contributed by atoms with Crippen LogP contribution in [0.3, 0.4) is 0 Å². The molecule has 1 aromatic rings. The molecule has 0 aromatic heterocycles. The van der Waals surface area contributed by atoms with Crippen molar-refractivity contribution in [3.63, 3.8) is 0 Å². The van der Waals surface area contributed by atoms with Crippen molar-refractivity contribution >= 4 is 51.7 Å². The predicted molar refractivity (Wildman–Crippen MR) is 92.2 cm³/mol. The smallest absolute Gasteiger partial charge is 0.240 e. The second-order valence-electron chi connectivity index (χ2n) is 6.88. The summed E-state index contributed by atoms with van der Waals surface area (Å²) in [5.41, 5.74) is -1.27. The van der Waals surface area contributed by atoms with Crippen LogP contribution in [0.1, 0.15) is 20.3 Å². The molecule has 3 heterocycles. The average molecular weight is 448 g/mol. The van der Waals surface area contributed by atoms with Gasteiger partial charge in [-0.05, 0) is 54.6 Å². The Morgan fingerprint density at radius 2 is 1.96 bits per heavy atom. The number of aliphatic hydroxyl groups is 1. The molecule has 2 bridgehead atoms. The zero-order valence-electron chi connectivity index (χ0n) is 12.5. The van der Waals surface area contributed by atoms with Crippen LogP contribution in [0, 0.1) is 15.4 Å². The maximum Gasteiger partial charge on any atom is 0.240 e. The molecule has 0 aliphatic carbocycles. The predicted octanol–water partition coefficient (Wildman–Crippen LogP) is 2.36. The standard InChI is InChI=1S/C16H15ClINO4/c1-15-6-10(20)16(2,23-15)12-11(15)13(21)19(14(12)22)7-3-4-8(17)9(18)5-7/h3-5,10-12,20H,6H2,1-2H3/t10?,11?,12-,15?,16?/m0/s1. The lowest BCUT2D eigenvalue weighted by atomic mass is 9.67. The Kier molecular flexibility index (Phi) is 3.22. The van der Waals surface area contributed by atoms with Gasteiger partial charge in [0.2, 0.25) is 11.8 Å². The molecule has 4 unspecified atom stereocenters. The molecule has 1 N–H and O–H groups in total. The molecule has 2 amide bonds. The number of hydrogen-bond donors (Lipinski definition) is 1. The summed E-state index contributed by atoms with van der Waals surface area (Å²) < 4.78 is 6.73. The Bertz CT molecular complexity index is 756. The van der Waals surface area contributed by atoms with Gasteiger partial charge in [-0.1, -0.05) is 11.6 Å². The van der Waals surface area contributed by atoms with E-state index in [1.54, 1.807) is 25.1 Å². The number of ether oxygens (including phenoxy) is 1. The lowest BCUT2D eigenvalue weighted by Crippen LogP contribution is -2.49. The van der Waals surface area contributed by atoms with E-state index in [2.05, 4.69) is 22.6 Å². The summed E-state index contributed by atoms with van der Waals surface area (Å²) in [4.78, 5) is 27.1. The number of benzene rings is 1. The van der Waals surface area contributed by atoms with E-state index in [9.17, 15) is 14.7 Å². The van der Waals surface area contributed by atoms with Crippen LogP contribution in [0.5, 0.6) is 0 Å². The van der Waals surface area contributed by atoms with Crippen LogP contribution >= 0.6 is 34.2 Å². The third kappa shape index (κ3) is 1.86. The van der Waals surface area contributed by atoms with Gasteiger partial charge in [-0.25, -0.2) is 4.90 Å². The van der Waals surface area contributed by atoms with Crippen LogP contribution in [-0.2, 0) is 14.3 Å². The largest absolute Gasteiger partial charge is 0.390 e. The van der Waals surface area contributed by atoms with Crippen molar-refractivity contribution in [1.82, 2.24) is 0 Å². The summed E-state index contributed by atoms with van der Waals surface area (Å²) in [6.07, 6.45) is -0.369. The molecule has 5 atom stereocenters. The van der Waals surface area contributed by atoms with E-state index in [1.807, 2.05) is 6.92 Å². The molecule has 3 fully saturated rings. The fourth-order valence-corrected chi connectivity index (χ4v) is 5.02. The minimum Gasteiger partial charge on any atom is -0.390 e.